The fourth-order valence-corrected chi connectivity index (χ4v) is 2.62. The molecule has 29 heavy (non-hydrogen) atoms. The van der Waals surface area contributed by atoms with Gasteiger partial charge in [-0.1, -0.05) is 18.2 Å². The summed E-state index contributed by atoms with van der Waals surface area (Å²) in [5.74, 6) is -0.874. The van der Waals surface area contributed by atoms with E-state index in [1.54, 1.807) is 19.1 Å². The molecule has 3 aromatic rings. The zero-order valence-corrected chi connectivity index (χ0v) is 15.7. The van der Waals surface area contributed by atoms with E-state index in [1.807, 2.05) is 18.2 Å². The van der Waals surface area contributed by atoms with E-state index in [0.717, 1.165) is 4.68 Å². The standard InChI is InChI=1S/C21H19N3O5/c1-14-13-15(21(27)28)7-8-17(14)22-20(26)18-9-10-19(25)24(23-18)11-12-29-16-5-3-2-4-6-16/h2-10,13H,11-12H2,1H3,(H,22,26)(H,27,28). The number of ether oxygens (including phenoxy) is 1. The van der Waals surface area contributed by atoms with Crippen molar-refractivity contribution in [1.29, 1.82) is 0 Å². The Labute approximate surface area is 166 Å². The van der Waals surface area contributed by atoms with Crippen LogP contribution in [0.25, 0.3) is 0 Å². The number of carbonyl (C=O) groups is 2. The predicted octanol–water partition coefficient (Wildman–Crippen LogP) is 2.58. The van der Waals surface area contributed by atoms with Crippen LogP contribution in [0.3, 0.4) is 0 Å². The molecule has 1 heterocycles. The first kappa shape index (κ1) is 19.8. The molecule has 0 aliphatic carbocycles. The van der Waals surface area contributed by atoms with Crippen LogP contribution in [0.4, 0.5) is 5.69 Å². The summed E-state index contributed by atoms with van der Waals surface area (Å²) >= 11 is 0. The van der Waals surface area contributed by atoms with Gasteiger partial charge in [-0.15, -0.1) is 0 Å². The van der Waals surface area contributed by atoms with Gasteiger partial charge in [0.25, 0.3) is 11.5 Å². The lowest BCUT2D eigenvalue weighted by Crippen LogP contribution is -2.28. The van der Waals surface area contributed by atoms with Crippen LogP contribution in [0.15, 0.2) is 65.5 Å². The lowest BCUT2D eigenvalue weighted by Gasteiger charge is -2.11. The van der Waals surface area contributed by atoms with E-state index in [-0.39, 0.29) is 30.0 Å². The third-order valence-corrected chi connectivity index (χ3v) is 4.14. The summed E-state index contributed by atoms with van der Waals surface area (Å²) in [5.41, 5.74) is 0.909. The molecular weight excluding hydrogens is 374 g/mol. The first-order valence-corrected chi connectivity index (χ1v) is 8.85. The van der Waals surface area contributed by atoms with Crippen LogP contribution in [0, 0.1) is 6.92 Å². The number of aryl methyl sites for hydroxylation is 1. The largest absolute Gasteiger partial charge is 0.492 e. The van der Waals surface area contributed by atoms with Crippen molar-refractivity contribution in [1.82, 2.24) is 9.78 Å². The number of aromatic nitrogens is 2. The molecule has 0 saturated carbocycles. The van der Waals surface area contributed by atoms with Crippen LogP contribution in [-0.2, 0) is 6.54 Å². The van der Waals surface area contributed by atoms with Crippen molar-refractivity contribution >= 4 is 17.6 Å². The van der Waals surface area contributed by atoms with Gasteiger partial charge in [0.15, 0.2) is 0 Å². The Balaban J connectivity index is 1.69. The third kappa shape index (κ3) is 5.07. The first-order chi connectivity index (χ1) is 13.9. The van der Waals surface area contributed by atoms with Crippen LogP contribution < -0.4 is 15.6 Å². The highest BCUT2D eigenvalue weighted by Crippen LogP contribution is 2.17. The zero-order valence-electron chi connectivity index (χ0n) is 15.7. The van der Waals surface area contributed by atoms with Crippen molar-refractivity contribution in [3.63, 3.8) is 0 Å². The van der Waals surface area contributed by atoms with E-state index in [4.69, 9.17) is 9.84 Å². The lowest BCUT2D eigenvalue weighted by atomic mass is 10.1. The highest BCUT2D eigenvalue weighted by atomic mass is 16.5. The fraction of sp³-hybridized carbons (Fsp3) is 0.143. The molecule has 0 spiro atoms. The molecule has 148 valence electrons. The van der Waals surface area contributed by atoms with Crippen LogP contribution in [-0.4, -0.2) is 33.4 Å². The number of nitrogens with zero attached hydrogens (tertiary/aromatic N) is 2. The van der Waals surface area contributed by atoms with E-state index < -0.39 is 11.9 Å². The molecule has 0 atom stereocenters. The molecule has 0 aliphatic rings. The molecular formula is C21H19N3O5. The number of carboxylic acids is 1. The molecule has 0 unspecified atom stereocenters. The normalized spacial score (nSPS) is 10.4. The van der Waals surface area contributed by atoms with Crippen molar-refractivity contribution in [2.24, 2.45) is 0 Å². The summed E-state index contributed by atoms with van der Waals surface area (Å²) in [6, 6.07) is 16.2. The molecule has 8 heteroatoms. The minimum Gasteiger partial charge on any atom is -0.492 e. The number of anilines is 1. The van der Waals surface area contributed by atoms with Gasteiger partial charge in [-0.3, -0.25) is 9.59 Å². The number of rotatable bonds is 7. The highest BCUT2D eigenvalue weighted by molar-refractivity contribution is 6.03. The SMILES string of the molecule is Cc1cc(C(=O)O)ccc1NC(=O)c1ccc(=O)n(CCOc2ccccc2)n1. The maximum absolute atomic E-state index is 12.5. The van der Waals surface area contributed by atoms with Crippen LogP contribution in [0.1, 0.15) is 26.4 Å². The van der Waals surface area contributed by atoms with Gasteiger partial charge in [0.05, 0.1) is 12.1 Å². The Hall–Kier alpha value is -3.94. The van der Waals surface area contributed by atoms with Gasteiger partial charge in [-0.2, -0.15) is 5.10 Å². The quantitative estimate of drug-likeness (QED) is 0.638. The summed E-state index contributed by atoms with van der Waals surface area (Å²) in [6.07, 6.45) is 0. The number of benzene rings is 2. The molecule has 0 radical (unpaired) electrons. The van der Waals surface area contributed by atoms with Crippen molar-refractivity contribution < 1.29 is 19.4 Å². The summed E-state index contributed by atoms with van der Waals surface area (Å²) < 4.78 is 6.72. The molecule has 8 nitrogen and oxygen atoms in total. The van der Waals surface area contributed by atoms with Crippen LogP contribution in [0.5, 0.6) is 5.75 Å². The average Bonchev–Trinajstić information content (AvgIpc) is 2.71. The molecule has 0 aliphatic heterocycles. The number of carboxylic acid groups (broad SMARTS) is 1. The van der Waals surface area contributed by atoms with Gasteiger partial charge < -0.3 is 15.2 Å². The van der Waals surface area contributed by atoms with E-state index >= 15 is 0 Å². The predicted molar refractivity (Wildman–Crippen MR) is 107 cm³/mol. The summed E-state index contributed by atoms with van der Waals surface area (Å²) in [4.78, 5) is 35.5. The van der Waals surface area contributed by atoms with Gasteiger partial charge >= 0.3 is 5.97 Å². The first-order valence-electron chi connectivity index (χ1n) is 8.85. The summed E-state index contributed by atoms with van der Waals surface area (Å²) in [7, 11) is 0. The summed E-state index contributed by atoms with van der Waals surface area (Å²) in [5, 5.41) is 15.8. The van der Waals surface area contributed by atoms with E-state index in [0.29, 0.717) is 17.0 Å². The van der Waals surface area contributed by atoms with Gasteiger partial charge in [0.1, 0.15) is 18.1 Å². The lowest BCUT2D eigenvalue weighted by molar-refractivity contribution is 0.0696. The molecule has 1 aromatic heterocycles. The van der Waals surface area contributed by atoms with E-state index in [2.05, 4.69) is 10.4 Å². The fourth-order valence-electron chi connectivity index (χ4n) is 2.62. The Morgan fingerprint density at radius 2 is 1.86 bits per heavy atom. The molecule has 0 bridgehead atoms. The average molecular weight is 393 g/mol. The monoisotopic (exact) mass is 393 g/mol. The molecule has 1 amide bonds. The van der Waals surface area contributed by atoms with Gasteiger partial charge in [0.2, 0.25) is 0 Å². The zero-order chi connectivity index (χ0) is 20.8. The Morgan fingerprint density at radius 1 is 1.10 bits per heavy atom. The maximum atomic E-state index is 12.5. The van der Waals surface area contributed by atoms with Gasteiger partial charge in [-0.05, 0) is 48.9 Å². The molecule has 0 saturated heterocycles. The third-order valence-electron chi connectivity index (χ3n) is 4.14. The Kier molecular flexibility index (Phi) is 6.03. The number of aromatic carboxylic acids is 1. The minimum atomic E-state index is -1.04. The number of nitrogens with one attached hydrogen (secondary N) is 1. The molecule has 2 aromatic carbocycles. The Bertz CT molecular complexity index is 1090. The Morgan fingerprint density at radius 3 is 2.55 bits per heavy atom. The van der Waals surface area contributed by atoms with Crippen LogP contribution >= 0.6 is 0 Å². The smallest absolute Gasteiger partial charge is 0.335 e. The highest BCUT2D eigenvalue weighted by Gasteiger charge is 2.13. The van der Waals surface area contributed by atoms with Crippen molar-refractivity contribution in [2.45, 2.75) is 13.5 Å². The second-order valence-electron chi connectivity index (χ2n) is 6.23. The second kappa shape index (κ2) is 8.83. The number of hydrogen-bond donors (Lipinski definition) is 2. The maximum Gasteiger partial charge on any atom is 0.335 e. The number of para-hydroxylation sites is 1. The minimum absolute atomic E-state index is 0.0611. The molecule has 2 N–H and O–H groups in total. The van der Waals surface area contributed by atoms with Crippen molar-refractivity contribution in [2.75, 3.05) is 11.9 Å². The number of carbonyl (C=O) groups excluding carboxylic acids is 1. The van der Waals surface area contributed by atoms with Crippen molar-refractivity contribution in [3.05, 3.63) is 87.8 Å². The number of amides is 1. The number of hydrogen-bond acceptors (Lipinski definition) is 5. The summed E-state index contributed by atoms with van der Waals surface area (Å²) in [6.45, 7) is 2.09. The molecule has 3 rings (SSSR count). The second-order valence-corrected chi connectivity index (χ2v) is 6.23. The molecule has 0 fully saturated rings. The topological polar surface area (TPSA) is 111 Å². The van der Waals surface area contributed by atoms with Crippen molar-refractivity contribution in [3.8, 4) is 5.75 Å². The van der Waals surface area contributed by atoms with E-state index in [9.17, 15) is 14.4 Å². The van der Waals surface area contributed by atoms with Gasteiger partial charge in [-0.25, -0.2) is 9.48 Å². The van der Waals surface area contributed by atoms with E-state index in [1.165, 1.54) is 30.3 Å². The van der Waals surface area contributed by atoms with Crippen LogP contribution in [0.2, 0.25) is 0 Å². The van der Waals surface area contributed by atoms with Gasteiger partial charge in [0, 0.05) is 11.8 Å².